The number of halogens is 4. The van der Waals surface area contributed by atoms with Crippen LogP contribution in [0.2, 0.25) is 0 Å². The Kier molecular flexibility index (Phi) is 9.50. The van der Waals surface area contributed by atoms with Crippen LogP contribution in [0.5, 0.6) is 0 Å². The molecular formula is C24H29F4N7O3. The first-order valence-electron chi connectivity index (χ1n) is 12.1. The fourth-order valence-corrected chi connectivity index (χ4v) is 4.35. The van der Waals surface area contributed by atoms with Gasteiger partial charge in [0, 0.05) is 32.4 Å². The summed E-state index contributed by atoms with van der Waals surface area (Å²) in [5, 5.41) is 31.7. The third kappa shape index (κ3) is 7.55. The quantitative estimate of drug-likeness (QED) is 0.239. The second-order valence-corrected chi connectivity index (χ2v) is 9.03. The average molecular weight is 540 g/mol. The molecule has 1 aliphatic carbocycles. The van der Waals surface area contributed by atoms with Gasteiger partial charge in [0.05, 0.1) is 18.7 Å². The van der Waals surface area contributed by atoms with Crippen molar-refractivity contribution in [2.75, 3.05) is 19.8 Å². The van der Waals surface area contributed by atoms with Crippen molar-refractivity contribution in [1.29, 1.82) is 0 Å². The molecule has 0 spiro atoms. The maximum Gasteiger partial charge on any atom is 0.490 e. The van der Waals surface area contributed by atoms with Gasteiger partial charge in [-0.15, -0.1) is 17.4 Å². The number of carbonyl (C=O) groups is 1. The standard InChI is InChI=1S/C22H28FN7O.C2HF3O2/c1-3-5-9-22(26-27-22)10-11-24-21(20-25-28-29-30(20)12-13-31-4-2)15-18(16-21)17-7-6-8-19(23)14-17;3-2(4,5)1(6)7/h1,6-8,14,18,24H,4-5,9-13,15-16H2,2H3;(H,6,7). The fourth-order valence-electron chi connectivity index (χ4n) is 4.35. The summed E-state index contributed by atoms with van der Waals surface area (Å²) in [6.45, 7) is 4.45. The van der Waals surface area contributed by atoms with Gasteiger partial charge in [-0.1, -0.05) is 12.1 Å². The molecule has 0 radical (unpaired) electrons. The van der Waals surface area contributed by atoms with Crippen molar-refractivity contribution in [2.45, 2.75) is 68.9 Å². The first-order chi connectivity index (χ1) is 18.0. The van der Waals surface area contributed by atoms with Gasteiger partial charge in [0.2, 0.25) is 0 Å². The van der Waals surface area contributed by atoms with Crippen LogP contribution >= 0.6 is 0 Å². The van der Waals surface area contributed by atoms with Crippen LogP contribution in [-0.4, -0.2) is 62.9 Å². The molecule has 4 rings (SSSR count). The molecule has 2 aromatic rings. The summed E-state index contributed by atoms with van der Waals surface area (Å²) in [4.78, 5) is 8.90. The van der Waals surface area contributed by atoms with E-state index in [1.165, 1.54) is 6.07 Å². The maximum atomic E-state index is 13.7. The highest BCUT2D eigenvalue weighted by Crippen LogP contribution is 2.50. The first kappa shape index (κ1) is 29.1. The van der Waals surface area contributed by atoms with Crippen LogP contribution in [0.3, 0.4) is 0 Å². The minimum absolute atomic E-state index is 0.211. The monoisotopic (exact) mass is 539 g/mol. The summed E-state index contributed by atoms with van der Waals surface area (Å²) in [6, 6.07) is 6.83. The molecule has 1 aromatic carbocycles. The molecule has 38 heavy (non-hydrogen) atoms. The van der Waals surface area contributed by atoms with E-state index in [1.54, 1.807) is 12.1 Å². The molecule has 10 nitrogen and oxygen atoms in total. The average Bonchev–Trinajstić information content (AvgIpc) is 3.45. The summed E-state index contributed by atoms with van der Waals surface area (Å²) in [5.74, 6) is 0.730. The number of rotatable bonds is 12. The molecule has 1 aliphatic heterocycles. The van der Waals surface area contributed by atoms with Gasteiger partial charge in [-0.05, 0) is 53.8 Å². The van der Waals surface area contributed by atoms with Gasteiger partial charge >= 0.3 is 12.1 Å². The molecule has 14 heteroatoms. The number of ether oxygens (including phenoxy) is 1. The molecule has 0 amide bonds. The molecule has 0 saturated heterocycles. The number of alkyl halides is 3. The van der Waals surface area contributed by atoms with Crippen LogP contribution < -0.4 is 5.32 Å². The van der Waals surface area contributed by atoms with Crippen LogP contribution in [0.15, 0.2) is 34.5 Å². The van der Waals surface area contributed by atoms with E-state index in [2.05, 4.69) is 37.0 Å². The molecule has 2 aliphatic rings. The third-order valence-corrected chi connectivity index (χ3v) is 6.41. The Bertz CT molecular complexity index is 1150. The number of hydrogen-bond donors (Lipinski definition) is 2. The van der Waals surface area contributed by atoms with Crippen molar-refractivity contribution < 1.29 is 32.2 Å². The zero-order valence-electron chi connectivity index (χ0n) is 20.8. The molecule has 1 saturated carbocycles. The van der Waals surface area contributed by atoms with Crippen LogP contribution in [0.25, 0.3) is 0 Å². The minimum atomic E-state index is -5.08. The summed E-state index contributed by atoms with van der Waals surface area (Å²) in [7, 11) is 0. The normalized spacial score (nSPS) is 21.1. The predicted molar refractivity (Wildman–Crippen MR) is 126 cm³/mol. The lowest BCUT2D eigenvalue weighted by Gasteiger charge is -2.47. The highest BCUT2D eigenvalue weighted by Gasteiger charge is 2.50. The van der Waals surface area contributed by atoms with Gasteiger partial charge in [0.15, 0.2) is 11.5 Å². The van der Waals surface area contributed by atoms with Crippen LogP contribution in [0.4, 0.5) is 17.6 Å². The van der Waals surface area contributed by atoms with Gasteiger partial charge < -0.3 is 15.2 Å². The molecule has 2 N–H and O–H groups in total. The lowest BCUT2D eigenvalue weighted by atomic mass is 9.65. The Morgan fingerprint density at radius 2 is 2.03 bits per heavy atom. The van der Waals surface area contributed by atoms with Crippen molar-refractivity contribution >= 4 is 5.97 Å². The van der Waals surface area contributed by atoms with E-state index in [-0.39, 0.29) is 22.9 Å². The molecular weight excluding hydrogens is 510 g/mol. The number of nitrogens with one attached hydrogen (secondary N) is 1. The number of aliphatic carboxylic acids is 1. The smallest absolute Gasteiger partial charge is 0.475 e. The number of benzene rings is 1. The molecule has 206 valence electrons. The van der Waals surface area contributed by atoms with Crippen LogP contribution in [-0.2, 0) is 21.6 Å². The number of tetrazole rings is 1. The summed E-state index contributed by atoms with van der Waals surface area (Å²) < 4.78 is 52.8. The van der Waals surface area contributed by atoms with Crippen molar-refractivity contribution in [2.24, 2.45) is 10.2 Å². The zero-order valence-corrected chi connectivity index (χ0v) is 20.8. The predicted octanol–water partition coefficient (Wildman–Crippen LogP) is 3.81. The maximum absolute atomic E-state index is 13.7. The molecule has 2 heterocycles. The lowest BCUT2D eigenvalue weighted by Crippen LogP contribution is -2.54. The van der Waals surface area contributed by atoms with E-state index in [0.29, 0.717) is 32.7 Å². The summed E-state index contributed by atoms with van der Waals surface area (Å²) >= 11 is 0. The van der Waals surface area contributed by atoms with Gasteiger partial charge in [-0.2, -0.15) is 23.4 Å². The Labute approximate surface area is 216 Å². The van der Waals surface area contributed by atoms with E-state index in [0.717, 1.165) is 37.1 Å². The number of carboxylic acids is 1. The largest absolute Gasteiger partial charge is 0.490 e. The SMILES string of the molecule is C#CCCC1(CCNC2(c3nnnn3CCOCC)CC(c3cccc(F)c3)C2)N=N1.O=C(O)C(F)(F)F. The summed E-state index contributed by atoms with van der Waals surface area (Å²) in [5.41, 5.74) is 0.283. The highest BCUT2D eigenvalue weighted by atomic mass is 19.4. The molecule has 0 bridgehead atoms. The van der Waals surface area contributed by atoms with Crippen molar-refractivity contribution in [3.63, 3.8) is 0 Å². The first-order valence-corrected chi connectivity index (χ1v) is 12.1. The number of terminal acetylenes is 1. The Hall–Kier alpha value is -3.44. The molecule has 0 unspecified atom stereocenters. The molecule has 1 fully saturated rings. The summed E-state index contributed by atoms with van der Waals surface area (Å²) in [6.07, 6.45) is 4.10. The number of hydrogen-bond acceptors (Lipinski definition) is 8. The van der Waals surface area contributed by atoms with E-state index < -0.39 is 12.1 Å². The zero-order chi connectivity index (χ0) is 27.8. The number of carboxylic acid groups (broad SMARTS) is 1. The topological polar surface area (TPSA) is 127 Å². The third-order valence-electron chi connectivity index (χ3n) is 6.41. The minimum Gasteiger partial charge on any atom is -0.475 e. The van der Waals surface area contributed by atoms with E-state index in [4.69, 9.17) is 21.1 Å². The van der Waals surface area contributed by atoms with Crippen molar-refractivity contribution in [3.05, 3.63) is 41.5 Å². The molecule has 1 aromatic heterocycles. The molecule has 0 atom stereocenters. The van der Waals surface area contributed by atoms with Crippen molar-refractivity contribution in [1.82, 2.24) is 25.5 Å². The van der Waals surface area contributed by atoms with E-state index in [1.807, 2.05) is 17.7 Å². The van der Waals surface area contributed by atoms with Crippen LogP contribution in [0, 0.1) is 18.2 Å². The Morgan fingerprint density at radius 3 is 2.61 bits per heavy atom. The lowest BCUT2D eigenvalue weighted by molar-refractivity contribution is -0.192. The highest BCUT2D eigenvalue weighted by molar-refractivity contribution is 5.73. The van der Waals surface area contributed by atoms with Gasteiger partial charge in [-0.25, -0.2) is 13.9 Å². The van der Waals surface area contributed by atoms with Crippen molar-refractivity contribution in [3.8, 4) is 12.3 Å². The number of aromatic nitrogens is 4. The second-order valence-electron chi connectivity index (χ2n) is 9.03. The Morgan fingerprint density at radius 1 is 1.32 bits per heavy atom. The van der Waals surface area contributed by atoms with E-state index in [9.17, 15) is 17.6 Å². The Balaban J connectivity index is 0.000000505. The van der Waals surface area contributed by atoms with Gasteiger partial charge in [0.25, 0.3) is 0 Å². The number of nitrogens with zero attached hydrogens (tertiary/aromatic N) is 6. The van der Waals surface area contributed by atoms with E-state index >= 15 is 0 Å². The fraction of sp³-hybridized carbons (Fsp3) is 0.583. The van der Waals surface area contributed by atoms with Crippen LogP contribution in [0.1, 0.15) is 56.3 Å². The second kappa shape index (κ2) is 12.4. The van der Waals surface area contributed by atoms with Gasteiger partial charge in [0.1, 0.15) is 5.82 Å². The van der Waals surface area contributed by atoms with Gasteiger partial charge in [-0.3, -0.25) is 0 Å².